The van der Waals surface area contributed by atoms with Crippen LogP contribution in [0.4, 0.5) is 5.82 Å². The summed E-state index contributed by atoms with van der Waals surface area (Å²) >= 11 is 7.49. The topological polar surface area (TPSA) is 48.7 Å². The SMILES string of the molecule is CC(Nc1cc(C#N)cc(Cl)n1)c1ccsc1. The summed E-state index contributed by atoms with van der Waals surface area (Å²) in [7, 11) is 0. The monoisotopic (exact) mass is 263 g/mol. The van der Waals surface area contributed by atoms with Gasteiger partial charge >= 0.3 is 0 Å². The number of hydrogen-bond acceptors (Lipinski definition) is 4. The van der Waals surface area contributed by atoms with E-state index >= 15 is 0 Å². The Labute approximate surface area is 109 Å². The van der Waals surface area contributed by atoms with Gasteiger partial charge in [0.15, 0.2) is 0 Å². The Hall–Kier alpha value is -1.57. The summed E-state index contributed by atoms with van der Waals surface area (Å²) in [5.41, 5.74) is 1.69. The molecule has 0 spiro atoms. The molecular formula is C12H10ClN3S. The summed E-state index contributed by atoms with van der Waals surface area (Å²) in [6.07, 6.45) is 0. The molecule has 0 amide bonds. The van der Waals surface area contributed by atoms with E-state index in [4.69, 9.17) is 16.9 Å². The van der Waals surface area contributed by atoms with Crippen LogP contribution in [-0.2, 0) is 0 Å². The van der Waals surface area contributed by atoms with Gasteiger partial charge in [-0.3, -0.25) is 0 Å². The molecule has 1 atom stereocenters. The molecule has 17 heavy (non-hydrogen) atoms. The van der Waals surface area contributed by atoms with Crippen LogP contribution in [0, 0.1) is 11.3 Å². The molecule has 0 aliphatic heterocycles. The first-order chi connectivity index (χ1) is 8.19. The second-order valence-corrected chi connectivity index (χ2v) is 4.77. The molecule has 1 N–H and O–H groups in total. The van der Waals surface area contributed by atoms with Crippen LogP contribution < -0.4 is 5.32 Å². The van der Waals surface area contributed by atoms with Gasteiger partial charge in [-0.05, 0) is 41.4 Å². The van der Waals surface area contributed by atoms with Crippen molar-refractivity contribution in [3.05, 3.63) is 45.2 Å². The van der Waals surface area contributed by atoms with Gasteiger partial charge < -0.3 is 5.32 Å². The molecule has 0 fully saturated rings. The number of rotatable bonds is 3. The lowest BCUT2D eigenvalue weighted by molar-refractivity contribution is 0.880. The van der Waals surface area contributed by atoms with E-state index in [1.54, 1.807) is 23.5 Å². The average molecular weight is 264 g/mol. The minimum absolute atomic E-state index is 0.138. The van der Waals surface area contributed by atoms with Crippen molar-refractivity contribution in [1.82, 2.24) is 4.98 Å². The zero-order valence-electron chi connectivity index (χ0n) is 9.14. The molecule has 0 saturated carbocycles. The standard InChI is InChI=1S/C12H10ClN3S/c1-8(10-2-3-17-7-10)15-12-5-9(6-14)4-11(13)16-12/h2-5,7-8H,1H3,(H,15,16). The molecule has 0 aliphatic rings. The summed E-state index contributed by atoms with van der Waals surface area (Å²) in [6.45, 7) is 2.04. The van der Waals surface area contributed by atoms with Crippen LogP contribution in [0.25, 0.3) is 0 Å². The van der Waals surface area contributed by atoms with Crippen LogP contribution >= 0.6 is 22.9 Å². The number of aromatic nitrogens is 1. The Morgan fingerprint density at radius 3 is 3.00 bits per heavy atom. The Kier molecular flexibility index (Phi) is 3.62. The van der Waals surface area contributed by atoms with Crippen molar-refractivity contribution in [3.63, 3.8) is 0 Å². The van der Waals surface area contributed by atoms with Crippen molar-refractivity contribution < 1.29 is 0 Å². The molecule has 5 heteroatoms. The zero-order valence-corrected chi connectivity index (χ0v) is 10.7. The number of nitriles is 1. The Bertz CT molecular complexity index is 545. The highest BCUT2D eigenvalue weighted by Gasteiger charge is 2.07. The second-order valence-electron chi connectivity index (χ2n) is 3.60. The molecular weight excluding hydrogens is 254 g/mol. The fourth-order valence-corrected chi connectivity index (χ4v) is 2.42. The molecule has 0 radical (unpaired) electrons. The summed E-state index contributed by atoms with van der Waals surface area (Å²) in [5.74, 6) is 0.618. The van der Waals surface area contributed by atoms with Gasteiger partial charge in [-0.1, -0.05) is 11.6 Å². The van der Waals surface area contributed by atoms with Crippen LogP contribution in [0.3, 0.4) is 0 Å². The minimum atomic E-state index is 0.138. The highest BCUT2D eigenvalue weighted by Crippen LogP contribution is 2.22. The molecule has 1 unspecified atom stereocenters. The van der Waals surface area contributed by atoms with E-state index in [1.165, 1.54) is 5.56 Å². The van der Waals surface area contributed by atoms with Gasteiger partial charge in [-0.2, -0.15) is 16.6 Å². The molecule has 0 aliphatic carbocycles. The number of thiophene rings is 1. The van der Waals surface area contributed by atoms with Gasteiger partial charge in [0.2, 0.25) is 0 Å². The third-order valence-electron chi connectivity index (χ3n) is 2.33. The first kappa shape index (κ1) is 11.9. The summed E-state index contributed by atoms with van der Waals surface area (Å²) in [4.78, 5) is 4.14. The van der Waals surface area contributed by atoms with Crippen molar-refractivity contribution in [2.45, 2.75) is 13.0 Å². The van der Waals surface area contributed by atoms with E-state index in [1.807, 2.05) is 12.3 Å². The third kappa shape index (κ3) is 2.96. The first-order valence-corrected chi connectivity index (χ1v) is 6.37. The summed E-state index contributed by atoms with van der Waals surface area (Å²) in [5, 5.41) is 16.5. The van der Waals surface area contributed by atoms with Gasteiger partial charge in [0.05, 0.1) is 17.7 Å². The van der Waals surface area contributed by atoms with E-state index in [0.29, 0.717) is 16.5 Å². The fourth-order valence-electron chi connectivity index (χ4n) is 1.46. The van der Waals surface area contributed by atoms with Gasteiger partial charge in [0, 0.05) is 0 Å². The van der Waals surface area contributed by atoms with E-state index in [9.17, 15) is 0 Å². The lowest BCUT2D eigenvalue weighted by Gasteiger charge is -2.13. The molecule has 0 saturated heterocycles. The smallest absolute Gasteiger partial charge is 0.132 e. The van der Waals surface area contributed by atoms with Crippen molar-refractivity contribution in [2.75, 3.05) is 5.32 Å². The normalized spacial score (nSPS) is 11.8. The third-order valence-corrected chi connectivity index (χ3v) is 3.23. The van der Waals surface area contributed by atoms with E-state index in [0.717, 1.165) is 0 Å². The van der Waals surface area contributed by atoms with Gasteiger partial charge in [-0.25, -0.2) is 4.98 Å². The van der Waals surface area contributed by atoms with Gasteiger partial charge in [0.25, 0.3) is 0 Å². The maximum absolute atomic E-state index is 8.84. The van der Waals surface area contributed by atoms with E-state index in [-0.39, 0.29) is 6.04 Å². The molecule has 0 aromatic carbocycles. The number of nitrogens with one attached hydrogen (secondary N) is 1. The summed E-state index contributed by atoms with van der Waals surface area (Å²) < 4.78 is 0. The number of halogens is 1. The number of pyridine rings is 1. The average Bonchev–Trinajstić information content (AvgIpc) is 2.81. The second kappa shape index (κ2) is 5.17. The van der Waals surface area contributed by atoms with Gasteiger partial charge in [0.1, 0.15) is 11.0 Å². The Morgan fingerprint density at radius 2 is 2.35 bits per heavy atom. The predicted octanol–water partition coefficient (Wildman–Crippen LogP) is 3.84. The number of nitrogens with zero attached hydrogens (tertiary/aromatic N) is 2. The predicted molar refractivity (Wildman–Crippen MR) is 70.3 cm³/mol. The zero-order chi connectivity index (χ0) is 12.3. The maximum Gasteiger partial charge on any atom is 0.132 e. The van der Waals surface area contributed by atoms with Crippen molar-refractivity contribution >= 4 is 28.8 Å². The van der Waals surface area contributed by atoms with Crippen molar-refractivity contribution in [2.24, 2.45) is 0 Å². The van der Waals surface area contributed by atoms with Crippen LogP contribution in [-0.4, -0.2) is 4.98 Å². The van der Waals surface area contributed by atoms with Crippen LogP contribution in [0.2, 0.25) is 5.15 Å². The van der Waals surface area contributed by atoms with E-state index < -0.39 is 0 Å². The molecule has 86 valence electrons. The number of hydrogen-bond donors (Lipinski definition) is 1. The molecule has 3 nitrogen and oxygen atoms in total. The van der Waals surface area contributed by atoms with Crippen molar-refractivity contribution in [3.8, 4) is 6.07 Å². The largest absolute Gasteiger partial charge is 0.363 e. The Balaban J connectivity index is 2.19. The summed E-state index contributed by atoms with van der Waals surface area (Å²) in [6, 6.07) is 7.48. The minimum Gasteiger partial charge on any atom is -0.363 e. The highest BCUT2D eigenvalue weighted by molar-refractivity contribution is 7.07. The molecule has 2 aromatic heterocycles. The Morgan fingerprint density at radius 1 is 1.53 bits per heavy atom. The molecule has 2 aromatic rings. The molecule has 0 bridgehead atoms. The van der Waals surface area contributed by atoms with Crippen LogP contribution in [0.5, 0.6) is 0 Å². The van der Waals surface area contributed by atoms with Gasteiger partial charge in [-0.15, -0.1) is 0 Å². The first-order valence-electron chi connectivity index (χ1n) is 5.05. The highest BCUT2D eigenvalue weighted by atomic mass is 35.5. The lowest BCUT2D eigenvalue weighted by Crippen LogP contribution is -2.07. The van der Waals surface area contributed by atoms with Crippen LogP contribution in [0.15, 0.2) is 29.0 Å². The van der Waals surface area contributed by atoms with Crippen LogP contribution in [0.1, 0.15) is 24.1 Å². The number of anilines is 1. The molecule has 2 rings (SSSR count). The maximum atomic E-state index is 8.84. The van der Waals surface area contributed by atoms with Crippen molar-refractivity contribution in [1.29, 1.82) is 5.26 Å². The fraction of sp³-hybridized carbons (Fsp3) is 0.167. The van der Waals surface area contributed by atoms with E-state index in [2.05, 4.69) is 27.8 Å². The quantitative estimate of drug-likeness (QED) is 0.856. The molecule has 2 heterocycles. The lowest BCUT2D eigenvalue weighted by atomic mass is 10.2.